The Kier molecular flexibility index (Phi) is 4.78. The lowest BCUT2D eigenvalue weighted by molar-refractivity contribution is 0.0509. The summed E-state index contributed by atoms with van der Waals surface area (Å²) in [4.78, 5) is 16.4. The van der Waals surface area contributed by atoms with Gasteiger partial charge in [-0.3, -0.25) is 9.78 Å². The van der Waals surface area contributed by atoms with Crippen LogP contribution in [0.4, 0.5) is 8.78 Å². The first kappa shape index (κ1) is 12.5. The summed E-state index contributed by atoms with van der Waals surface area (Å²) in [6.07, 6.45) is 0.205. The molecule has 1 rings (SSSR count). The van der Waals surface area contributed by atoms with Crippen LogP contribution in [0.5, 0.6) is 0 Å². The Morgan fingerprint density at radius 2 is 2.06 bits per heavy atom. The fraction of sp³-hybridized carbons (Fsp3) is 0.400. The summed E-state index contributed by atoms with van der Waals surface area (Å²) in [5.41, 5.74) is 0.282. The first-order valence-corrected chi connectivity index (χ1v) is 4.73. The van der Waals surface area contributed by atoms with Crippen LogP contribution in [0.2, 0.25) is 0 Å². The SMILES string of the molecule is O=C(c1ccncc1)N(CCO)CC(F)F. The normalized spacial score (nSPS) is 10.5. The van der Waals surface area contributed by atoms with E-state index in [1.54, 1.807) is 0 Å². The van der Waals surface area contributed by atoms with Crippen LogP contribution in [-0.2, 0) is 0 Å². The summed E-state index contributed by atoms with van der Waals surface area (Å²) in [5, 5.41) is 8.69. The summed E-state index contributed by atoms with van der Waals surface area (Å²) in [6.45, 7) is -1.13. The second kappa shape index (κ2) is 6.12. The Labute approximate surface area is 91.5 Å². The van der Waals surface area contributed by atoms with Crippen LogP contribution in [0.1, 0.15) is 10.4 Å². The molecular formula is C10H12F2N2O2. The zero-order valence-electron chi connectivity index (χ0n) is 8.51. The van der Waals surface area contributed by atoms with E-state index in [2.05, 4.69) is 4.98 Å². The number of aromatic nitrogens is 1. The van der Waals surface area contributed by atoms with Crippen molar-refractivity contribution in [2.75, 3.05) is 19.7 Å². The molecule has 0 unspecified atom stereocenters. The van der Waals surface area contributed by atoms with Crippen LogP contribution in [0, 0.1) is 0 Å². The number of aliphatic hydroxyl groups excluding tert-OH is 1. The molecule has 1 heterocycles. The minimum Gasteiger partial charge on any atom is -0.395 e. The Balaban J connectivity index is 2.74. The third kappa shape index (κ3) is 3.54. The predicted molar refractivity (Wildman–Crippen MR) is 53.2 cm³/mol. The zero-order valence-corrected chi connectivity index (χ0v) is 8.51. The van der Waals surface area contributed by atoms with E-state index in [1.165, 1.54) is 24.5 Å². The van der Waals surface area contributed by atoms with Gasteiger partial charge >= 0.3 is 0 Å². The molecule has 1 aromatic rings. The fourth-order valence-corrected chi connectivity index (χ4v) is 1.24. The molecule has 0 aliphatic carbocycles. The number of carbonyl (C=O) groups excluding carboxylic acids is 1. The van der Waals surface area contributed by atoms with Crippen molar-refractivity contribution in [2.45, 2.75) is 6.43 Å². The predicted octanol–water partition coefficient (Wildman–Crippen LogP) is 0.781. The maximum atomic E-state index is 12.2. The Hall–Kier alpha value is -1.56. The molecule has 0 fully saturated rings. The van der Waals surface area contributed by atoms with Crippen LogP contribution in [0.15, 0.2) is 24.5 Å². The van der Waals surface area contributed by atoms with Crippen molar-refractivity contribution in [3.8, 4) is 0 Å². The van der Waals surface area contributed by atoms with Crippen LogP contribution in [-0.4, -0.2) is 47.0 Å². The average molecular weight is 230 g/mol. The monoisotopic (exact) mass is 230 g/mol. The van der Waals surface area contributed by atoms with Crippen molar-refractivity contribution < 1.29 is 18.7 Å². The molecule has 0 saturated heterocycles. The molecule has 1 amide bonds. The summed E-state index contributed by atoms with van der Waals surface area (Å²) in [5.74, 6) is -0.531. The highest BCUT2D eigenvalue weighted by Gasteiger charge is 2.18. The largest absolute Gasteiger partial charge is 0.395 e. The first-order chi connectivity index (χ1) is 7.65. The van der Waals surface area contributed by atoms with Crippen LogP contribution < -0.4 is 0 Å². The topological polar surface area (TPSA) is 53.4 Å². The lowest BCUT2D eigenvalue weighted by Crippen LogP contribution is -2.37. The smallest absolute Gasteiger partial charge is 0.255 e. The zero-order chi connectivity index (χ0) is 12.0. The number of aliphatic hydroxyl groups is 1. The lowest BCUT2D eigenvalue weighted by Gasteiger charge is -2.21. The Morgan fingerprint density at radius 3 is 2.56 bits per heavy atom. The molecule has 0 bridgehead atoms. The van der Waals surface area contributed by atoms with Crippen molar-refractivity contribution >= 4 is 5.91 Å². The number of rotatable bonds is 5. The number of carbonyl (C=O) groups is 1. The molecule has 1 aromatic heterocycles. The average Bonchev–Trinajstić information content (AvgIpc) is 2.28. The van der Waals surface area contributed by atoms with E-state index >= 15 is 0 Å². The van der Waals surface area contributed by atoms with Gasteiger partial charge in [0.15, 0.2) is 0 Å². The molecule has 4 nitrogen and oxygen atoms in total. The number of hydrogen-bond donors (Lipinski definition) is 1. The van der Waals surface area contributed by atoms with Gasteiger partial charge in [-0.1, -0.05) is 0 Å². The Morgan fingerprint density at radius 1 is 1.44 bits per heavy atom. The van der Waals surface area contributed by atoms with Gasteiger partial charge in [-0.25, -0.2) is 8.78 Å². The highest BCUT2D eigenvalue weighted by atomic mass is 19.3. The van der Waals surface area contributed by atoms with Gasteiger partial charge in [-0.15, -0.1) is 0 Å². The highest BCUT2D eigenvalue weighted by Crippen LogP contribution is 2.06. The number of amides is 1. The molecule has 0 spiro atoms. The van der Waals surface area contributed by atoms with Crippen LogP contribution >= 0.6 is 0 Å². The van der Waals surface area contributed by atoms with E-state index in [4.69, 9.17) is 5.11 Å². The summed E-state index contributed by atoms with van der Waals surface area (Å²) in [7, 11) is 0. The molecule has 0 aliphatic rings. The van der Waals surface area contributed by atoms with E-state index in [1.807, 2.05) is 0 Å². The minimum atomic E-state index is -2.61. The molecule has 0 aromatic carbocycles. The van der Waals surface area contributed by atoms with E-state index < -0.39 is 18.9 Å². The maximum absolute atomic E-state index is 12.2. The summed E-state index contributed by atoms with van der Waals surface area (Å²) < 4.78 is 24.4. The van der Waals surface area contributed by atoms with Gasteiger partial charge < -0.3 is 10.0 Å². The van der Waals surface area contributed by atoms with Gasteiger partial charge in [0.05, 0.1) is 13.2 Å². The molecule has 0 aliphatic heterocycles. The van der Waals surface area contributed by atoms with Gasteiger partial charge in [-0.2, -0.15) is 0 Å². The van der Waals surface area contributed by atoms with E-state index in [0.717, 1.165) is 4.90 Å². The number of nitrogens with zero attached hydrogens (tertiary/aromatic N) is 2. The van der Waals surface area contributed by atoms with Gasteiger partial charge in [0.25, 0.3) is 12.3 Å². The number of alkyl halides is 2. The third-order valence-electron chi connectivity index (χ3n) is 1.94. The van der Waals surface area contributed by atoms with E-state index in [0.29, 0.717) is 0 Å². The first-order valence-electron chi connectivity index (χ1n) is 4.73. The van der Waals surface area contributed by atoms with Crippen molar-refractivity contribution in [2.24, 2.45) is 0 Å². The van der Waals surface area contributed by atoms with Crippen molar-refractivity contribution in [1.29, 1.82) is 0 Å². The molecule has 88 valence electrons. The third-order valence-corrected chi connectivity index (χ3v) is 1.94. The van der Waals surface area contributed by atoms with Gasteiger partial charge in [0.1, 0.15) is 0 Å². The highest BCUT2D eigenvalue weighted by molar-refractivity contribution is 5.94. The summed E-state index contributed by atoms with van der Waals surface area (Å²) in [6, 6.07) is 2.89. The van der Waals surface area contributed by atoms with Crippen molar-refractivity contribution in [1.82, 2.24) is 9.88 Å². The van der Waals surface area contributed by atoms with Gasteiger partial charge in [0.2, 0.25) is 0 Å². The number of hydrogen-bond acceptors (Lipinski definition) is 3. The van der Waals surface area contributed by atoms with Crippen LogP contribution in [0.3, 0.4) is 0 Å². The standard InChI is InChI=1S/C10H12F2N2O2/c11-9(12)7-14(5-6-15)10(16)8-1-3-13-4-2-8/h1-4,9,15H,5-7H2. The van der Waals surface area contributed by atoms with Crippen molar-refractivity contribution in [3.63, 3.8) is 0 Å². The second-order valence-corrected chi connectivity index (χ2v) is 3.10. The molecule has 0 radical (unpaired) electrons. The molecule has 6 heteroatoms. The Bertz CT molecular complexity index is 333. The fourth-order valence-electron chi connectivity index (χ4n) is 1.24. The van der Waals surface area contributed by atoms with Crippen molar-refractivity contribution in [3.05, 3.63) is 30.1 Å². The quantitative estimate of drug-likeness (QED) is 0.813. The summed E-state index contributed by atoms with van der Waals surface area (Å²) >= 11 is 0. The molecule has 0 atom stereocenters. The second-order valence-electron chi connectivity index (χ2n) is 3.10. The maximum Gasteiger partial charge on any atom is 0.255 e. The molecular weight excluding hydrogens is 218 g/mol. The molecule has 1 N–H and O–H groups in total. The van der Waals surface area contributed by atoms with Gasteiger partial charge in [0, 0.05) is 24.5 Å². The van der Waals surface area contributed by atoms with Crippen LogP contribution in [0.25, 0.3) is 0 Å². The number of pyridine rings is 1. The van der Waals surface area contributed by atoms with E-state index in [-0.39, 0.29) is 18.7 Å². The molecule has 0 saturated carbocycles. The molecule has 16 heavy (non-hydrogen) atoms. The van der Waals surface area contributed by atoms with Gasteiger partial charge in [-0.05, 0) is 12.1 Å². The van der Waals surface area contributed by atoms with E-state index in [9.17, 15) is 13.6 Å². The lowest BCUT2D eigenvalue weighted by atomic mass is 10.2. The minimum absolute atomic E-state index is 0.106. The number of halogens is 2.